The predicted molar refractivity (Wildman–Crippen MR) is 102 cm³/mol. The minimum Gasteiger partial charge on any atom is -0.325 e. The SMILES string of the molecule is O=C(CN1CCN(Cc2ccncc2)CC1)Nc1ccc2nsnc2c1. The minimum absolute atomic E-state index is 0.00937. The Kier molecular flexibility index (Phi) is 5.14. The fourth-order valence-corrected chi connectivity index (χ4v) is 3.63. The topological polar surface area (TPSA) is 74.2 Å². The number of carbonyl (C=O) groups excluding carboxylic acids is 1. The number of hydrogen-bond acceptors (Lipinski definition) is 7. The molecular weight excluding hydrogens is 348 g/mol. The predicted octanol–water partition coefficient (Wildman–Crippen LogP) is 1.84. The van der Waals surface area contributed by atoms with Gasteiger partial charge in [-0.1, -0.05) is 0 Å². The molecule has 26 heavy (non-hydrogen) atoms. The summed E-state index contributed by atoms with van der Waals surface area (Å²) in [6, 6.07) is 9.72. The fraction of sp³-hybridized carbons (Fsp3) is 0.333. The van der Waals surface area contributed by atoms with Gasteiger partial charge in [0.25, 0.3) is 0 Å². The van der Waals surface area contributed by atoms with Crippen LogP contribution in [0.4, 0.5) is 5.69 Å². The summed E-state index contributed by atoms with van der Waals surface area (Å²) in [5, 5.41) is 2.96. The number of benzene rings is 1. The number of pyridine rings is 1. The highest BCUT2D eigenvalue weighted by Crippen LogP contribution is 2.17. The number of nitrogens with zero attached hydrogens (tertiary/aromatic N) is 5. The molecule has 0 atom stereocenters. The second kappa shape index (κ2) is 7.86. The van der Waals surface area contributed by atoms with Crippen LogP contribution in [-0.2, 0) is 11.3 Å². The molecule has 1 aromatic carbocycles. The first-order valence-corrected chi connectivity index (χ1v) is 9.35. The Morgan fingerprint density at radius 3 is 2.54 bits per heavy atom. The number of piperazine rings is 1. The van der Waals surface area contributed by atoms with E-state index in [-0.39, 0.29) is 5.91 Å². The van der Waals surface area contributed by atoms with Gasteiger partial charge in [0.1, 0.15) is 11.0 Å². The third-order valence-corrected chi connectivity index (χ3v) is 5.08. The molecule has 1 fully saturated rings. The maximum Gasteiger partial charge on any atom is 0.238 e. The zero-order chi connectivity index (χ0) is 17.8. The van der Waals surface area contributed by atoms with Crippen molar-refractivity contribution in [1.82, 2.24) is 23.5 Å². The van der Waals surface area contributed by atoms with Crippen molar-refractivity contribution in [3.63, 3.8) is 0 Å². The Morgan fingerprint density at radius 2 is 1.73 bits per heavy atom. The second-order valence-electron chi connectivity index (χ2n) is 6.42. The molecule has 3 heterocycles. The molecule has 0 radical (unpaired) electrons. The molecule has 1 aliphatic heterocycles. The Hall–Kier alpha value is -2.42. The highest BCUT2D eigenvalue weighted by molar-refractivity contribution is 7.00. The quantitative estimate of drug-likeness (QED) is 0.741. The summed E-state index contributed by atoms with van der Waals surface area (Å²) in [7, 11) is 0. The van der Waals surface area contributed by atoms with Crippen LogP contribution in [0.3, 0.4) is 0 Å². The van der Waals surface area contributed by atoms with Crippen molar-refractivity contribution in [2.45, 2.75) is 6.54 Å². The van der Waals surface area contributed by atoms with Gasteiger partial charge in [0.15, 0.2) is 0 Å². The summed E-state index contributed by atoms with van der Waals surface area (Å²) in [6.07, 6.45) is 3.66. The van der Waals surface area contributed by atoms with E-state index in [2.05, 4.69) is 41.0 Å². The van der Waals surface area contributed by atoms with Crippen molar-refractivity contribution in [3.8, 4) is 0 Å². The Balaban J connectivity index is 1.25. The lowest BCUT2D eigenvalue weighted by Crippen LogP contribution is -2.48. The number of anilines is 1. The maximum atomic E-state index is 12.3. The van der Waals surface area contributed by atoms with E-state index in [4.69, 9.17) is 0 Å². The van der Waals surface area contributed by atoms with Gasteiger partial charge in [-0.3, -0.25) is 19.6 Å². The average Bonchev–Trinajstić information content (AvgIpc) is 3.12. The van der Waals surface area contributed by atoms with Gasteiger partial charge in [0, 0.05) is 50.8 Å². The van der Waals surface area contributed by atoms with E-state index in [0.717, 1.165) is 49.4 Å². The van der Waals surface area contributed by atoms with Crippen molar-refractivity contribution in [1.29, 1.82) is 0 Å². The molecule has 1 saturated heterocycles. The third kappa shape index (κ3) is 4.21. The van der Waals surface area contributed by atoms with Gasteiger partial charge in [-0.2, -0.15) is 8.75 Å². The van der Waals surface area contributed by atoms with Gasteiger partial charge in [-0.05, 0) is 35.9 Å². The zero-order valence-electron chi connectivity index (χ0n) is 14.3. The number of rotatable bonds is 5. The van der Waals surface area contributed by atoms with Gasteiger partial charge in [0.2, 0.25) is 5.91 Å². The summed E-state index contributed by atoms with van der Waals surface area (Å²) in [4.78, 5) is 21.0. The van der Waals surface area contributed by atoms with Crippen LogP contribution in [0.1, 0.15) is 5.56 Å². The van der Waals surface area contributed by atoms with Gasteiger partial charge in [0.05, 0.1) is 18.3 Å². The normalized spacial score (nSPS) is 16.0. The number of fused-ring (bicyclic) bond motifs is 1. The fourth-order valence-electron chi connectivity index (χ4n) is 3.12. The average molecular weight is 368 g/mol. The molecule has 0 unspecified atom stereocenters. The molecule has 7 nitrogen and oxygen atoms in total. The van der Waals surface area contributed by atoms with Gasteiger partial charge >= 0.3 is 0 Å². The maximum absolute atomic E-state index is 12.3. The lowest BCUT2D eigenvalue weighted by atomic mass is 10.2. The van der Waals surface area contributed by atoms with Crippen molar-refractivity contribution in [2.75, 3.05) is 38.0 Å². The largest absolute Gasteiger partial charge is 0.325 e. The van der Waals surface area contributed by atoms with Gasteiger partial charge in [-0.15, -0.1) is 0 Å². The number of aromatic nitrogens is 3. The van der Waals surface area contributed by atoms with Crippen molar-refractivity contribution < 1.29 is 4.79 Å². The molecule has 2 aromatic heterocycles. The van der Waals surface area contributed by atoms with Crippen LogP contribution in [0.25, 0.3) is 11.0 Å². The highest BCUT2D eigenvalue weighted by atomic mass is 32.1. The Morgan fingerprint density at radius 1 is 1.00 bits per heavy atom. The summed E-state index contributed by atoms with van der Waals surface area (Å²) in [5.74, 6) is 0.00937. The first-order chi connectivity index (χ1) is 12.8. The lowest BCUT2D eigenvalue weighted by molar-refractivity contribution is -0.117. The molecule has 1 N–H and O–H groups in total. The minimum atomic E-state index is 0.00937. The molecule has 0 bridgehead atoms. The number of carbonyl (C=O) groups is 1. The molecule has 8 heteroatoms. The van der Waals surface area contributed by atoms with Crippen molar-refractivity contribution in [3.05, 3.63) is 48.3 Å². The molecule has 1 amide bonds. The van der Waals surface area contributed by atoms with Crippen LogP contribution in [-0.4, -0.2) is 62.2 Å². The molecule has 4 rings (SSSR count). The molecule has 1 aliphatic rings. The number of nitrogens with one attached hydrogen (secondary N) is 1. The summed E-state index contributed by atoms with van der Waals surface area (Å²) < 4.78 is 8.38. The molecule has 0 saturated carbocycles. The number of amides is 1. The van der Waals surface area contributed by atoms with Crippen LogP contribution < -0.4 is 5.32 Å². The van der Waals surface area contributed by atoms with Crippen LogP contribution in [0.2, 0.25) is 0 Å². The van der Waals surface area contributed by atoms with Crippen LogP contribution >= 0.6 is 11.7 Å². The summed E-state index contributed by atoms with van der Waals surface area (Å²) in [5.41, 5.74) is 3.72. The smallest absolute Gasteiger partial charge is 0.238 e. The first kappa shape index (κ1) is 17.0. The Labute approximate surface area is 156 Å². The molecule has 0 spiro atoms. The standard InChI is InChI=1S/C18H20N6OS/c25-18(20-15-1-2-16-17(11-15)22-26-21-16)13-24-9-7-23(8-10-24)12-14-3-5-19-6-4-14/h1-6,11H,7-10,12-13H2,(H,20,25). The van der Waals surface area contributed by atoms with E-state index in [0.29, 0.717) is 6.54 Å². The molecule has 134 valence electrons. The molecule has 0 aliphatic carbocycles. The van der Waals surface area contributed by atoms with E-state index >= 15 is 0 Å². The van der Waals surface area contributed by atoms with Crippen LogP contribution in [0.15, 0.2) is 42.7 Å². The zero-order valence-corrected chi connectivity index (χ0v) is 15.2. The van der Waals surface area contributed by atoms with E-state index in [9.17, 15) is 4.79 Å². The first-order valence-electron chi connectivity index (χ1n) is 8.62. The Bertz CT molecular complexity index is 876. The van der Waals surface area contributed by atoms with Crippen LogP contribution in [0, 0.1) is 0 Å². The molecule has 3 aromatic rings. The highest BCUT2D eigenvalue weighted by Gasteiger charge is 2.19. The van der Waals surface area contributed by atoms with E-state index in [1.807, 2.05) is 30.6 Å². The lowest BCUT2D eigenvalue weighted by Gasteiger charge is -2.34. The van der Waals surface area contributed by atoms with E-state index in [1.165, 1.54) is 17.3 Å². The third-order valence-electron chi connectivity index (χ3n) is 4.53. The molecular formula is C18H20N6OS. The monoisotopic (exact) mass is 368 g/mol. The summed E-state index contributed by atoms with van der Waals surface area (Å²) in [6.45, 7) is 5.07. The summed E-state index contributed by atoms with van der Waals surface area (Å²) >= 11 is 1.18. The van der Waals surface area contributed by atoms with Gasteiger partial charge in [-0.25, -0.2) is 0 Å². The van der Waals surface area contributed by atoms with Crippen molar-refractivity contribution in [2.24, 2.45) is 0 Å². The second-order valence-corrected chi connectivity index (χ2v) is 6.95. The van der Waals surface area contributed by atoms with Gasteiger partial charge < -0.3 is 5.32 Å². The van der Waals surface area contributed by atoms with E-state index < -0.39 is 0 Å². The number of hydrogen-bond donors (Lipinski definition) is 1. The van der Waals surface area contributed by atoms with Crippen molar-refractivity contribution >= 4 is 34.4 Å². The van der Waals surface area contributed by atoms with E-state index in [1.54, 1.807) is 0 Å². The van der Waals surface area contributed by atoms with Crippen LogP contribution in [0.5, 0.6) is 0 Å².